The SMILES string of the molecule is O=C1OC(C2CCC(O)CC2)CN1CC12CC3CC(CC(C3)C1)C2. The third kappa shape index (κ3) is 2.65. The second-order valence-corrected chi connectivity index (χ2v) is 9.79. The van der Waals surface area contributed by atoms with E-state index >= 15 is 0 Å². The molecule has 4 heteroatoms. The summed E-state index contributed by atoms with van der Waals surface area (Å²) in [6.07, 6.45) is 12.0. The van der Waals surface area contributed by atoms with E-state index in [9.17, 15) is 9.90 Å². The minimum Gasteiger partial charge on any atom is -0.444 e. The molecule has 1 saturated heterocycles. The van der Waals surface area contributed by atoms with Crippen LogP contribution >= 0.6 is 0 Å². The first kappa shape index (κ1) is 15.5. The standard InChI is InChI=1S/C20H31NO3/c22-17-3-1-16(2-4-17)18-11-21(19(23)24-18)12-20-8-13-5-14(9-20)7-15(6-13)10-20/h13-18,22H,1-12H2. The Morgan fingerprint density at radius 3 is 2.17 bits per heavy atom. The number of hydrogen-bond donors (Lipinski definition) is 1. The summed E-state index contributed by atoms with van der Waals surface area (Å²) in [5.41, 5.74) is 0.408. The molecule has 5 aliphatic carbocycles. The van der Waals surface area contributed by atoms with Crippen molar-refractivity contribution in [2.45, 2.75) is 76.4 Å². The second kappa shape index (κ2) is 5.62. The van der Waals surface area contributed by atoms with Gasteiger partial charge in [0.05, 0.1) is 12.6 Å². The third-order valence-corrected chi connectivity index (χ3v) is 7.87. The molecular weight excluding hydrogens is 302 g/mol. The first-order valence-corrected chi connectivity index (χ1v) is 10.2. The minimum atomic E-state index is -0.138. The van der Waals surface area contributed by atoms with Crippen molar-refractivity contribution in [3.63, 3.8) is 0 Å². The molecule has 1 aliphatic heterocycles. The van der Waals surface area contributed by atoms with Crippen molar-refractivity contribution < 1.29 is 14.6 Å². The fourth-order valence-electron chi connectivity index (χ4n) is 7.27. The molecular formula is C20H31NO3. The van der Waals surface area contributed by atoms with Crippen molar-refractivity contribution >= 4 is 6.09 Å². The highest BCUT2D eigenvalue weighted by molar-refractivity contribution is 5.70. The molecule has 1 heterocycles. The van der Waals surface area contributed by atoms with E-state index in [1.807, 2.05) is 4.90 Å². The van der Waals surface area contributed by atoms with E-state index in [1.165, 1.54) is 38.5 Å². The van der Waals surface area contributed by atoms with Crippen LogP contribution in [0.4, 0.5) is 4.79 Å². The number of hydrogen-bond acceptors (Lipinski definition) is 3. The Bertz CT molecular complexity index is 476. The lowest BCUT2D eigenvalue weighted by molar-refractivity contribution is -0.0628. The molecule has 0 spiro atoms. The number of amides is 1. The fourth-order valence-corrected chi connectivity index (χ4v) is 7.27. The first-order chi connectivity index (χ1) is 11.6. The zero-order valence-corrected chi connectivity index (χ0v) is 14.7. The average Bonchev–Trinajstić information content (AvgIpc) is 2.87. The molecule has 1 amide bonds. The minimum absolute atomic E-state index is 0.0677. The predicted octanol–water partition coefficient (Wildman–Crippen LogP) is 3.57. The quantitative estimate of drug-likeness (QED) is 0.859. The van der Waals surface area contributed by atoms with Gasteiger partial charge in [0.15, 0.2) is 0 Å². The van der Waals surface area contributed by atoms with E-state index < -0.39 is 0 Å². The highest BCUT2D eigenvalue weighted by Crippen LogP contribution is 2.60. The highest BCUT2D eigenvalue weighted by atomic mass is 16.6. The van der Waals surface area contributed by atoms with Gasteiger partial charge in [-0.25, -0.2) is 4.79 Å². The van der Waals surface area contributed by atoms with Gasteiger partial charge in [0.25, 0.3) is 0 Å². The number of nitrogens with zero attached hydrogens (tertiary/aromatic N) is 1. The molecule has 6 aliphatic rings. The Morgan fingerprint density at radius 1 is 1.00 bits per heavy atom. The summed E-state index contributed by atoms with van der Waals surface area (Å²) in [6.45, 7) is 1.74. The summed E-state index contributed by atoms with van der Waals surface area (Å²) < 4.78 is 5.77. The van der Waals surface area contributed by atoms with Crippen LogP contribution in [0, 0.1) is 29.1 Å². The van der Waals surface area contributed by atoms with Gasteiger partial charge in [0.1, 0.15) is 6.10 Å². The summed E-state index contributed by atoms with van der Waals surface area (Å²) in [5, 5.41) is 9.70. The molecule has 134 valence electrons. The van der Waals surface area contributed by atoms with Crippen LogP contribution < -0.4 is 0 Å². The summed E-state index contributed by atoms with van der Waals surface area (Å²) in [7, 11) is 0. The molecule has 0 radical (unpaired) electrons. The normalized spacial score (nSPS) is 50.4. The monoisotopic (exact) mass is 333 g/mol. The van der Waals surface area contributed by atoms with Crippen LogP contribution in [-0.2, 0) is 4.74 Å². The van der Waals surface area contributed by atoms with E-state index in [-0.39, 0.29) is 18.3 Å². The van der Waals surface area contributed by atoms with Crippen LogP contribution in [0.2, 0.25) is 0 Å². The van der Waals surface area contributed by atoms with E-state index in [1.54, 1.807) is 0 Å². The lowest BCUT2D eigenvalue weighted by atomic mass is 9.49. The van der Waals surface area contributed by atoms with Gasteiger partial charge < -0.3 is 14.7 Å². The molecule has 0 aromatic carbocycles. The van der Waals surface area contributed by atoms with Gasteiger partial charge in [0, 0.05) is 6.54 Å². The molecule has 0 aromatic heterocycles. The molecule has 1 N–H and O–H groups in total. The third-order valence-electron chi connectivity index (χ3n) is 7.87. The zero-order valence-electron chi connectivity index (χ0n) is 14.7. The van der Waals surface area contributed by atoms with Crippen LogP contribution in [0.3, 0.4) is 0 Å². The number of carbonyl (C=O) groups is 1. The van der Waals surface area contributed by atoms with Gasteiger partial charge >= 0.3 is 6.09 Å². The van der Waals surface area contributed by atoms with Crippen LogP contribution in [0.25, 0.3) is 0 Å². The highest BCUT2D eigenvalue weighted by Gasteiger charge is 2.52. The van der Waals surface area contributed by atoms with Gasteiger partial charge in [-0.2, -0.15) is 0 Å². The maximum Gasteiger partial charge on any atom is 0.410 e. The summed E-state index contributed by atoms with van der Waals surface area (Å²) in [5.74, 6) is 3.26. The first-order valence-electron chi connectivity index (χ1n) is 10.2. The Morgan fingerprint density at radius 2 is 1.58 bits per heavy atom. The van der Waals surface area contributed by atoms with Gasteiger partial charge in [-0.3, -0.25) is 0 Å². The fraction of sp³-hybridized carbons (Fsp3) is 0.950. The van der Waals surface area contributed by atoms with Crippen molar-refractivity contribution in [1.82, 2.24) is 4.90 Å². The van der Waals surface area contributed by atoms with Gasteiger partial charge in [-0.05, 0) is 93.3 Å². The van der Waals surface area contributed by atoms with E-state index in [4.69, 9.17) is 4.74 Å². The lowest BCUT2D eigenvalue weighted by Crippen LogP contribution is -2.51. The van der Waals surface area contributed by atoms with Crippen molar-refractivity contribution in [2.75, 3.05) is 13.1 Å². The maximum atomic E-state index is 12.5. The molecule has 24 heavy (non-hydrogen) atoms. The Kier molecular flexibility index (Phi) is 3.62. The van der Waals surface area contributed by atoms with E-state index in [0.29, 0.717) is 11.3 Å². The molecule has 5 saturated carbocycles. The Balaban J connectivity index is 1.24. The number of rotatable bonds is 3. The number of aliphatic hydroxyl groups is 1. The Hall–Kier alpha value is -0.770. The summed E-state index contributed by atoms with van der Waals surface area (Å²) in [4.78, 5) is 14.5. The number of aliphatic hydroxyl groups excluding tert-OH is 1. The van der Waals surface area contributed by atoms with E-state index in [2.05, 4.69) is 0 Å². The van der Waals surface area contributed by atoms with Gasteiger partial charge in [0.2, 0.25) is 0 Å². The molecule has 4 bridgehead atoms. The van der Waals surface area contributed by atoms with Crippen molar-refractivity contribution in [2.24, 2.45) is 29.1 Å². The van der Waals surface area contributed by atoms with Crippen molar-refractivity contribution in [3.8, 4) is 0 Å². The summed E-state index contributed by atoms with van der Waals surface area (Å²) in [6, 6.07) is 0. The number of ether oxygens (including phenoxy) is 1. The molecule has 0 aromatic rings. The summed E-state index contributed by atoms with van der Waals surface area (Å²) >= 11 is 0. The van der Waals surface area contributed by atoms with Crippen LogP contribution in [0.1, 0.15) is 64.2 Å². The van der Waals surface area contributed by atoms with Crippen molar-refractivity contribution in [3.05, 3.63) is 0 Å². The average molecular weight is 333 g/mol. The zero-order chi connectivity index (χ0) is 16.3. The smallest absolute Gasteiger partial charge is 0.410 e. The maximum absolute atomic E-state index is 12.5. The number of carbonyl (C=O) groups excluding carboxylic acids is 1. The Labute approximate surface area is 144 Å². The van der Waals surface area contributed by atoms with Crippen LogP contribution in [0.15, 0.2) is 0 Å². The second-order valence-electron chi connectivity index (χ2n) is 9.79. The topological polar surface area (TPSA) is 49.8 Å². The molecule has 6 rings (SSSR count). The van der Waals surface area contributed by atoms with Crippen molar-refractivity contribution in [1.29, 1.82) is 0 Å². The lowest BCUT2D eigenvalue weighted by Gasteiger charge is -2.57. The molecule has 6 fully saturated rings. The van der Waals surface area contributed by atoms with Crippen LogP contribution in [-0.4, -0.2) is 41.4 Å². The number of cyclic esters (lactones) is 1. The van der Waals surface area contributed by atoms with E-state index in [0.717, 1.165) is 56.5 Å². The predicted molar refractivity (Wildman–Crippen MR) is 90.4 cm³/mol. The van der Waals surface area contributed by atoms with Gasteiger partial charge in [-0.15, -0.1) is 0 Å². The van der Waals surface area contributed by atoms with Gasteiger partial charge in [-0.1, -0.05) is 0 Å². The largest absolute Gasteiger partial charge is 0.444 e. The molecule has 1 atom stereocenters. The van der Waals surface area contributed by atoms with Crippen LogP contribution in [0.5, 0.6) is 0 Å². The molecule has 1 unspecified atom stereocenters. The molecule has 4 nitrogen and oxygen atoms in total.